The Balaban J connectivity index is 1.45. The molecule has 1 aromatic heterocycles. The lowest BCUT2D eigenvalue weighted by Crippen LogP contribution is -2.54. The number of methoxy groups -OCH3 is 1. The molecule has 2 fully saturated rings. The van der Waals surface area contributed by atoms with Crippen molar-refractivity contribution in [3.63, 3.8) is 0 Å². The van der Waals surface area contributed by atoms with Crippen LogP contribution >= 0.6 is 0 Å². The Morgan fingerprint density at radius 2 is 0.980 bits per heavy atom. The largest absolute Gasteiger partial charge is 0.463 e. The van der Waals surface area contributed by atoms with Crippen molar-refractivity contribution in [2.75, 3.05) is 59.8 Å². The topological polar surface area (TPSA) is 203 Å². The fourth-order valence-electron chi connectivity index (χ4n) is 5.28. The molecule has 51 heavy (non-hydrogen) atoms. The van der Waals surface area contributed by atoms with Gasteiger partial charge in [0.15, 0.2) is 0 Å². The number of unbranched alkanes of at least 4 members (excludes halogenated alkanes) is 10. The molecule has 290 valence electrons. The number of hydrogen-bond donors (Lipinski definition) is 2. The Kier molecular flexibility index (Phi) is 20.0. The number of nitrogens with one attached hydrogen (secondary N) is 2. The predicted molar refractivity (Wildman–Crippen MR) is 185 cm³/mol. The van der Waals surface area contributed by atoms with E-state index in [1.54, 1.807) is 7.11 Å². The molecule has 0 spiro atoms. The summed E-state index contributed by atoms with van der Waals surface area (Å²) in [4.78, 5) is 75.3. The maximum absolute atomic E-state index is 13.4. The molecule has 2 amide bonds. The molecule has 3 rings (SSSR count). The summed E-state index contributed by atoms with van der Waals surface area (Å²) < 4.78 is 33.5. The Morgan fingerprint density at radius 3 is 1.39 bits per heavy atom. The van der Waals surface area contributed by atoms with E-state index in [0.717, 1.165) is 66.9 Å². The normalized spacial score (nSPS) is 16.0. The van der Waals surface area contributed by atoms with Crippen LogP contribution in [0.25, 0.3) is 0 Å². The van der Waals surface area contributed by atoms with Gasteiger partial charge in [0.05, 0.1) is 19.8 Å². The molecule has 2 aliphatic heterocycles. The quantitative estimate of drug-likeness (QED) is 0.0527. The van der Waals surface area contributed by atoms with Crippen molar-refractivity contribution in [3.05, 3.63) is 31.5 Å². The minimum absolute atomic E-state index is 0.0117. The van der Waals surface area contributed by atoms with Crippen molar-refractivity contribution in [2.24, 2.45) is 0 Å². The van der Waals surface area contributed by atoms with Crippen LogP contribution in [0.5, 0.6) is 0 Å². The van der Waals surface area contributed by atoms with Gasteiger partial charge < -0.3 is 39.1 Å². The SMILES string of the molecule is COCCOC(=O)CCCCCCCn1c(=O)n(CCCCCCNC(=O)OCC2CO2)c(=O)n(CCCCCCNC(=O)OCC2CO2)c1=O. The van der Waals surface area contributed by atoms with E-state index in [4.69, 9.17) is 28.4 Å². The molecule has 2 saturated heterocycles. The van der Waals surface area contributed by atoms with E-state index in [2.05, 4.69) is 10.6 Å². The Bertz CT molecular complexity index is 1290. The van der Waals surface area contributed by atoms with E-state index in [1.807, 2.05) is 0 Å². The van der Waals surface area contributed by atoms with Gasteiger partial charge in [-0.3, -0.25) is 4.79 Å². The van der Waals surface area contributed by atoms with Crippen molar-refractivity contribution in [2.45, 2.75) is 122 Å². The lowest BCUT2D eigenvalue weighted by atomic mass is 10.1. The maximum Gasteiger partial charge on any atom is 0.407 e. The van der Waals surface area contributed by atoms with E-state index in [0.29, 0.717) is 65.0 Å². The zero-order valence-electron chi connectivity index (χ0n) is 30.1. The molecule has 0 aliphatic carbocycles. The Labute approximate surface area is 298 Å². The fraction of sp³-hybridized carbons (Fsp3) is 0.824. The predicted octanol–water partition coefficient (Wildman–Crippen LogP) is 2.07. The number of aromatic nitrogens is 3. The van der Waals surface area contributed by atoms with Gasteiger partial charge in [0.1, 0.15) is 32.0 Å². The van der Waals surface area contributed by atoms with Crippen LogP contribution in [-0.4, -0.2) is 104 Å². The van der Waals surface area contributed by atoms with Crippen LogP contribution in [0, 0.1) is 0 Å². The first-order chi connectivity index (χ1) is 24.8. The molecule has 2 N–H and O–H groups in total. The van der Waals surface area contributed by atoms with Gasteiger partial charge in [-0.05, 0) is 38.5 Å². The molecule has 0 aromatic carbocycles. The number of carbonyl (C=O) groups excluding carboxylic acids is 3. The highest BCUT2D eigenvalue weighted by Gasteiger charge is 2.24. The standard InChI is InChI=1S/C34H57N5O12/c1-46-21-22-47-29(40)15-9-3-2-6-12-18-37-32(43)38(19-13-7-4-10-16-35-30(41)50-25-27-23-48-27)34(45)39(33(37)44)20-14-8-5-11-17-36-31(42)51-26-28-24-49-28/h27-28H,2-26H2,1H3,(H,35,41)(H,36,42). The third-order valence-electron chi connectivity index (χ3n) is 8.46. The lowest BCUT2D eigenvalue weighted by molar-refractivity contribution is -0.145. The fourth-order valence-corrected chi connectivity index (χ4v) is 5.28. The highest BCUT2D eigenvalue weighted by molar-refractivity contribution is 5.69. The van der Waals surface area contributed by atoms with Gasteiger partial charge in [0.25, 0.3) is 0 Å². The van der Waals surface area contributed by atoms with Crippen LogP contribution in [0.2, 0.25) is 0 Å². The molecule has 2 aliphatic rings. The first-order valence-corrected chi connectivity index (χ1v) is 18.4. The molecule has 3 heterocycles. The van der Waals surface area contributed by atoms with E-state index in [-0.39, 0.29) is 57.6 Å². The maximum atomic E-state index is 13.4. The molecule has 17 heteroatoms. The summed E-state index contributed by atoms with van der Waals surface area (Å²) in [6, 6.07) is 0. The molecule has 1 aromatic rings. The van der Waals surface area contributed by atoms with Gasteiger partial charge in [-0.25, -0.2) is 37.7 Å². The lowest BCUT2D eigenvalue weighted by Gasteiger charge is -2.14. The summed E-state index contributed by atoms with van der Waals surface area (Å²) in [5.41, 5.74) is -1.81. The van der Waals surface area contributed by atoms with Gasteiger partial charge in [0.2, 0.25) is 0 Å². The number of hydrogen-bond acceptors (Lipinski definition) is 12. The second kappa shape index (κ2) is 24.5. The molecule has 17 nitrogen and oxygen atoms in total. The molecule has 2 unspecified atom stereocenters. The first kappa shape index (κ1) is 41.7. The average Bonchev–Trinajstić information content (AvgIpc) is 4.05. The molecule has 0 saturated carbocycles. The molecule has 0 bridgehead atoms. The van der Waals surface area contributed by atoms with Crippen molar-refractivity contribution >= 4 is 18.2 Å². The summed E-state index contributed by atoms with van der Waals surface area (Å²) in [7, 11) is 1.54. The summed E-state index contributed by atoms with van der Waals surface area (Å²) in [6.07, 6.45) is 8.65. The number of epoxide rings is 2. The van der Waals surface area contributed by atoms with E-state index < -0.39 is 29.3 Å². The van der Waals surface area contributed by atoms with Crippen molar-refractivity contribution in [3.8, 4) is 0 Å². The Morgan fingerprint density at radius 1 is 0.588 bits per heavy atom. The molecule has 2 atom stereocenters. The van der Waals surface area contributed by atoms with Crippen molar-refractivity contribution in [1.82, 2.24) is 24.3 Å². The number of ether oxygens (including phenoxy) is 6. The average molecular weight is 728 g/mol. The second-order valence-corrected chi connectivity index (χ2v) is 12.8. The van der Waals surface area contributed by atoms with Crippen molar-refractivity contribution < 1.29 is 42.8 Å². The summed E-state index contributed by atoms with van der Waals surface area (Å²) in [5, 5.41) is 5.40. The van der Waals surface area contributed by atoms with Crippen LogP contribution in [0.1, 0.15) is 89.9 Å². The second-order valence-electron chi connectivity index (χ2n) is 12.8. The van der Waals surface area contributed by atoms with E-state index in [9.17, 15) is 28.8 Å². The van der Waals surface area contributed by atoms with Gasteiger partial charge in [-0.15, -0.1) is 0 Å². The minimum Gasteiger partial charge on any atom is -0.463 e. The highest BCUT2D eigenvalue weighted by Crippen LogP contribution is 2.10. The van der Waals surface area contributed by atoms with Crippen molar-refractivity contribution in [1.29, 1.82) is 0 Å². The number of esters is 1. The Hall–Kier alpha value is -3.70. The summed E-state index contributed by atoms with van der Waals surface area (Å²) >= 11 is 0. The zero-order valence-corrected chi connectivity index (χ0v) is 30.1. The van der Waals surface area contributed by atoms with Crippen LogP contribution in [0.15, 0.2) is 14.4 Å². The number of alkyl carbamates (subject to hydrolysis) is 2. The number of rotatable bonds is 29. The minimum atomic E-state index is -0.605. The third-order valence-corrected chi connectivity index (χ3v) is 8.46. The third kappa shape index (κ3) is 17.9. The van der Waals surface area contributed by atoms with Crippen LogP contribution in [0.3, 0.4) is 0 Å². The monoisotopic (exact) mass is 727 g/mol. The smallest absolute Gasteiger partial charge is 0.407 e. The van der Waals surface area contributed by atoms with Crippen LogP contribution in [-0.2, 0) is 52.8 Å². The molecular formula is C34H57N5O12. The molecule has 0 radical (unpaired) electrons. The van der Waals surface area contributed by atoms with Gasteiger partial charge in [-0.1, -0.05) is 44.9 Å². The zero-order chi connectivity index (χ0) is 36.7. The number of nitrogens with zero attached hydrogens (tertiary/aromatic N) is 3. The summed E-state index contributed by atoms with van der Waals surface area (Å²) in [6.45, 7) is 3.81. The molecular weight excluding hydrogens is 670 g/mol. The van der Waals surface area contributed by atoms with Gasteiger partial charge >= 0.3 is 35.2 Å². The van der Waals surface area contributed by atoms with Crippen LogP contribution < -0.4 is 27.7 Å². The van der Waals surface area contributed by atoms with Crippen LogP contribution in [0.4, 0.5) is 9.59 Å². The van der Waals surface area contributed by atoms with Gasteiger partial charge in [0, 0.05) is 46.3 Å². The van der Waals surface area contributed by atoms with E-state index in [1.165, 1.54) is 4.57 Å². The van der Waals surface area contributed by atoms with Gasteiger partial charge in [-0.2, -0.15) is 0 Å². The highest BCUT2D eigenvalue weighted by atomic mass is 16.6. The first-order valence-electron chi connectivity index (χ1n) is 18.4. The number of amides is 2. The van der Waals surface area contributed by atoms with E-state index >= 15 is 0 Å². The summed E-state index contributed by atoms with van der Waals surface area (Å²) in [5.74, 6) is -0.255. The number of carbonyl (C=O) groups is 3.